The van der Waals surface area contributed by atoms with Crippen LogP contribution in [0.25, 0.3) is 5.57 Å². The monoisotopic (exact) mass is 300 g/mol. The Morgan fingerprint density at radius 3 is 2.95 bits per heavy atom. The highest BCUT2D eigenvalue weighted by molar-refractivity contribution is 5.95. The van der Waals surface area contributed by atoms with Gasteiger partial charge in [0.05, 0.1) is 19.8 Å². The lowest BCUT2D eigenvalue weighted by Gasteiger charge is -2.16. The van der Waals surface area contributed by atoms with E-state index in [2.05, 4.69) is 11.4 Å². The number of rotatable bonds is 5. The van der Waals surface area contributed by atoms with Crippen LogP contribution in [-0.4, -0.2) is 32.3 Å². The predicted molar refractivity (Wildman–Crippen MR) is 83.1 cm³/mol. The Bertz CT molecular complexity index is 598. The van der Waals surface area contributed by atoms with Crippen LogP contribution < -0.4 is 10.1 Å². The van der Waals surface area contributed by atoms with E-state index in [0.29, 0.717) is 19.0 Å². The summed E-state index contributed by atoms with van der Waals surface area (Å²) < 4.78 is 10.6. The van der Waals surface area contributed by atoms with Gasteiger partial charge in [0.25, 0.3) is 0 Å². The normalized spacial score (nSPS) is 19.3. The first kappa shape index (κ1) is 16.1. The summed E-state index contributed by atoms with van der Waals surface area (Å²) in [4.78, 5) is 12.1. The highest BCUT2D eigenvalue weighted by Gasteiger charge is 2.26. The Balaban J connectivity index is 2.07. The number of ether oxygens (including phenoxy) is 2. The van der Waals surface area contributed by atoms with Crippen LogP contribution in [0.15, 0.2) is 30.3 Å². The number of nitrogens with one attached hydrogen (secondary N) is 1. The molecule has 2 rings (SSSR count). The van der Waals surface area contributed by atoms with Crippen molar-refractivity contribution in [2.24, 2.45) is 5.92 Å². The molecule has 1 N–H and O–H groups in total. The highest BCUT2D eigenvalue weighted by atomic mass is 16.5. The second-order valence-corrected chi connectivity index (χ2v) is 5.27. The van der Waals surface area contributed by atoms with E-state index in [1.807, 2.05) is 31.2 Å². The standard InChI is InChI=1S/C17H20N2O3/c1-12(14-5-3-4-6-16(14)21-2)9-17(20)19-15(10-18)13-7-8-22-11-13/h3-6,9,13,15H,7-8,11H2,1-2H3,(H,19,20)/b12-9-/t13-,15+/m0/s1. The molecule has 0 aromatic heterocycles. The Labute approximate surface area is 130 Å². The molecule has 1 heterocycles. The minimum absolute atomic E-state index is 0.0638. The molecule has 1 aromatic rings. The van der Waals surface area contributed by atoms with E-state index in [1.54, 1.807) is 7.11 Å². The summed E-state index contributed by atoms with van der Waals surface area (Å²) in [5, 5.41) is 12.0. The van der Waals surface area contributed by atoms with Crippen molar-refractivity contribution in [1.29, 1.82) is 5.26 Å². The first-order valence-electron chi connectivity index (χ1n) is 7.25. The molecule has 1 aliphatic heterocycles. The fourth-order valence-corrected chi connectivity index (χ4v) is 2.51. The number of hydrogen-bond acceptors (Lipinski definition) is 4. The van der Waals surface area contributed by atoms with Crippen LogP contribution in [0.1, 0.15) is 18.9 Å². The average molecular weight is 300 g/mol. The maximum absolute atomic E-state index is 12.1. The zero-order valence-electron chi connectivity index (χ0n) is 12.8. The number of nitrogens with zero attached hydrogens (tertiary/aromatic N) is 1. The second kappa shape index (κ2) is 7.62. The van der Waals surface area contributed by atoms with Crippen molar-refractivity contribution in [3.63, 3.8) is 0 Å². The van der Waals surface area contributed by atoms with Gasteiger partial charge in [0, 0.05) is 24.2 Å². The fraction of sp³-hybridized carbons (Fsp3) is 0.412. The van der Waals surface area contributed by atoms with Gasteiger partial charge in [0.2, 0.25) is 5.91 Å². The lowest BCUT2D eigenvalue weighted by Crippen LogP contribution is -2.38. The van der Waals surface area contributed by atoms with E-state index >= 15 is 0 Å². The Morgan fingerprint density at radius 1 is 1.55 bits per heavy atom. The first-order chi connectivity index (χ1) is 10.7. The molecule has 2 atom stereocenters. The highest BCUT2D eigenvalue weighted by Crippen LogP contribution is 2.25. The van der Waals surface area contributed by atoms with Gasteiger partial charge in [0.15, 0.2) is 0 Å². The summed E-state index contributed by atoms with van der Waals surface area (Å²) in [6.45, 7) is 3.01. The van der Waals surface area contributed by atoms with Crippen molar-refractivity contribution in [3.8, 4) is 11.8 Å². The van der Waals surface area contributed by atoms with Crippen molar-refractivity contribution >= 4 is 11.5 Å². The number of benzene rings is 1. The number of amides is 1. The van der Waals surface area contributed by atoms with E-state index in [1.165, 1.54) is 6.08 Å². The van der Waals surface area contributed by atoms with Gasteiger partial charge < -0.3 is 14.8 Å². The van der Waals surface area contributed by atoms with Crippen LogP contribution in [0, 0.1) is 17.2 Å². The smallest absolute Gasteiger partial charge is 0.245 e. The Kier molecular flexibility index (Phi) is 5.56. The fourth-order valence-electron chi connectivity index (χ4n) is 2.51. The van der Waals surface area contributed by atoms with Crippen molar-refractivity contribution in [2.45, 2.75) is 19.4 Å². The number of carbonyl (C=O) groups is 1. The number of methoxy groups -OCH3 is 1. The summed E-state index contributed by atoms with van der Waals surface area (Å²) in [5.41, 5.74) is 1.65. The first-order valence-corrected chi connectivity index (χ1v) is 7.25. The number of nitriles is 1. The molecule has 0 unspecified atom stereocenters. The molecular formula is C17H20N2O3. The Hall–Kier alpha value is -2.32. The number of allylic oxidation sites excluding steroid dienone is 1. The molecule has 0 aliphatic carbocycles. The van der Waals surface area contributed by atoms with Gasteiger partial charge >= 0.3 is 0 Å². The predicted octanol–water partition coefficient (Wildman–Crippen LogP) is 2.14. The third kappa shape index (κ3) is 3.86. The Morgan fingerprint density at radius 2 is 2.32 bits per heavy atom. The van der Waals surface area contributed by atoms with Crippen LogP contribution in [0.3, 0.4) is 0 Å². The molecule has 0 bridgehead atoms. The molecule has 1 saturated heterocycles. The van der Waals surface area contributed by atoms with Crippen LogP contribution in [-0.2, 0) is 9.53 Å². The molecule has 1 aliphatic rings. The van der Waals surface area contributed by atoms with Gasteiger partial charge in [-0.25, -0.2) is 0 Å². The molecular weight excluding hydrogens is 280 g/mol. The van der Waals surface area contributed by atoms with Crippen LogP contribution in [0.2, 0.25) is 0 Å². The van der Waals surface area contributed by atoms with Crippen molar-refractivity contribution in [2.75, 3.05) is 20.3 Å². The second-order valence-electron chi connectivity index (χ2n) is 5.27. The van der Waals surface area contributed by atoms with E-state index in [9.17, 15) is 10.1 Å². The van der Waals surface area contributed by atoms with Crippen LogP contribution in [0.4, 0.5) is 0 Å². The van der Waals surface area contributed by atoms with E-state index in [0.717, 1.165) is 17.6 Å². The van der Waals surface area contributed by atoms with Gasteiger partial charge in [-0.05, 0) is 25.0 Å². The average Bonchev–Trinajstić information content (AvgIpc) is 3.06. The zero-order valence-corrected chi connectivity index (χ0v) is 12.8. The molecule has 0 saturated carbocycles. The maximum atomic E-state index is 12.1. The SMILES string of the molecule is COc1ccccc1/C(C)=C\C(=O)N[C@H](C#N)[C@H]1CCOC1. The quantitative estimate of drug-likeness (QED) is 0.846. The topological polar surface area (TPSA) is 71.3 Å². The van der Waals surface area contributed by atoms with Gasteiger partial charge in [-0.1, -0.05) is 18.2 Å². The number of para-hydroxylation sites is 1. The van der Waals surface area contributed by atoms with Gasteiger partial charge in [-0.2, -0.15) is 5.26 Å². The van der Waals surface area contributed by atoms with Crippen molar-refractivity contribution in [3.05, 3.63) is 35.9 Å². The van der Waals surface area contributed by atoms with E-state index in [-0.39, 0.29) is 11.8 Å². The van der Waals surface area contributed by atoms with E-state index in [4.69, 9.17) is 9.47 Å². The minimum Gasteiger partial charge on any atom is -0.496 e. The summed E-state index contributed by atoms with van der Waals surface area (Å²) >= 11 is 0. The lowest BCUT2D eigenvalue weighted by molar-refractivity contribution is -0.117. The molecule has 1 aromatic carbocycles. The third-order valence-electron chi connectivity index (χ3n) is 3.75. The van der Waals surface area contributed by atoms with Gasteiger partial charge in [0.1, 0.15) is 11.8 Å². The van der Waals surface area contributed by atoms with Gasteiger partial charge in [-0.3, -0.25) is 4.79 Å². The van der Waals surface area contributed by atoms with Crippen molar-refractivity contribution < 1.29 is 14.3 Å². The summed E-state index contributed by atoms with van der Waals surface area (Å²) in [6, 6.07) is 9.13. The largest absolute Gasteiger partial charge is 0.496 e. The van der Waals surface area contributed by atoms with Gasteiger partial charge in [-0.15, -0.1) is 0 Å². The lowest BCUT2D eigenvalue weighted by atomic mass is 10.00. The number of carbonyl (C=O) groups excluding carboxylic acids is 1. The molecule has 116 valence electrons. The molecule has 1 fully saturated rings. The van der Waals surface area contributed by atoms with Crippen molar-refractivity contribution in [1.82, 2.24) is 5.32 Å². The summed E-state index contributed by atoms with van der Waals surface area (Å²) in [5.74, 6) is 0.501. The molecule has 5 heteroatoms. The maximum Gasteiger partial charge on any atom is 0.245 e. The molecule has 1 amide bonds. The van der Waals surface area contributed by atoms with Crippen LogP contribution in [0.5, 0.6) is 5.75 Å². The molecule has 5 nitrogen and oxygen atoms in total. The zero-order chi connectivity index (χ0) is 15.9. The molecule has 0 radical (unpaired) electrons. The summed E-state index contributed by atoms with van der Waals surface area (Å²) in [7, 11) is 1.60. The number of hydrogen-bond donors (Lipinski definition) is 1. The van der Waals surface area contributed by atoms with Crippen LogP contribution >= 0.6 is 0 Å². The summed E-state index contributed by atoms with van der Waals surface area (Å²) in [6.07, 6.45) is 2.30. The third-order valence-corrected chi connectivity index (χ3v) is 3.75. The molecule has 0 spiro atoms. The molecule has 22 heavy (non-hydrogen) atoms. The minimum atomic E-state index is -0.517. The van der Waals surface area contributed by atoms with E-state index < -0.39 is 6.04 Å².